The summed E-state index contributed by atoms with van der Waals surface area (Å²) in [4.78, 5) is 0. The lowest BCUT2D eigenvalue weighted by Gasteiger charge is -2.31. The predicted octanol–water partition coefficient (Wildman–Crippen LogP) is 3.64. The van der Waals surface area contributed by atoms with Crippen molar-refractivity contribution in [1.82, 2.24) is 5.32 Å². The number of benzene rings is 1. The van der Waals surface area contributed by atoms with Gasteiger partial charge in [-0.05, 0) is 62.3 Å². The van der Waals surface area contributed by atoms with Crippen molar-refractivity contribution < 1.29 is 0 Å². The minimum Gasteiger partial charge on any atom is -0.307 e. The van der Waals surface area contributed by atoms with Crippen molar-refractivity contribution in [3.8, 4) is 0 Å². The molecule has 86 valence electrons. The molecule has 1 aliphatic heterocycles. The van der Waals surface area contributed by atoms with Gasteiger partial charge in [0.25, 0.3) is 0 Å². The Morgan fingerprint density at radius 3 is 2.75 bits per heavy atom. The summed E-state index contributed by atoms with van der Waals surface area (Å²) in [7, 11) is 0. The van der Waals surface area contributed by atoms with Crippen molar-refractivity contribution in [3.63, 3.8) is 0 Å². The van der Waals surface area contributed by atoms with E-state index in [0.29, 0.717) is 0 Å². The van der Waals surface area contributed by atoms with Crippen LogP contribution in [0.1, 0.15) is 36.8 Å². The van der Waals surface area contributed by atoms with Crippen molar-refractivity contribution in [2.45, 2.75) is 38.1 Å². The summed E-state index contributed by atoms with van der Waals surface area (Å²) in [6.45, 7) is 3.22. The Labute approximate surface area is 102 Å². The number of rotatable bonds is 2. The predicted molar refractivity (Wildman–Crippen MR) is 67.8 cm³/mol. The summed E-state index contributed by atoms with van der Waals surface area (Å²) in [5.74, 6) is 0.841. The minimum atomic E-state index is 0.247. The van der Waals surface area contributed by atoms with Crippen LogP contribution in [0, 0.1) is 12.8 Å². The van der Waals surface area contributed by atoms with Crippen LogP contribution in [0.25, 0.3) is 0 Å². The average molecular weight is 236 g/mol. The monoisotopic (exact) mass is 235 g/mol. The summed E-state index contributed by atoms with van der Waals surface area (Å²) in [6, 6.07) is 6.59. The van der Waals surface area contributed by atoms with Gasteiger partial charge in [0, 0.05) is 10.6 Å². The molecule has 1 aromatic rings. The maximum atomic E-state index is 6.25. The molecule has 1 aliphatic carbocycles. The van der Waals surface area contributed by atoms with Gasteiger partial charge in [-0.3, -0.25) is 0 Å². The molecule has 1 aromatic carbocycles. The smallest absolute Gasteiger partial charge is 0.0464 e. The van der Waals surface area contributed by atoms with E-state index in [-0.39, 0.29) is 5.54 Å². The molecule has 1 saturated heterocycles. The van der Waals surface area contributed by atoms with Gasteiger partial charge >= 0.3 is 0 Å². The molecule has 1 saturated carbocycles. The van der Waals surface area contributed by atoms with Gasteiger partial charge in [-0.25, -0.2) is 0 Å². The lowest BCUT2D eigenvalue weighted by atomic mass is 9.83. The third-order valence-electron chi connectivity index (χ3n) is 4.15. The summed E-state index contributed by atoms with van der Waals surface area (Å²) in [6.07, 6.45) is 5.32. The van der Waals surface area contributed by atoms with Crippen LogP contribution in [0.3, 0.4) is 0 Å². The number of hydrogen-bond donors (Lipinski definition) is 1. The van der Waals surface area contributed by atoms with Gasteiger partial charge in [-0.15, -0.1) is 0 Å². The van der Waals surface area contributed by atoms with Crippen molar-refractivity contribution >= 4 is 11.6 Å². The van der Waals surface area contributed by atoms with E-state index in [1.54, 1.807) is 0 Å². The molecule has 2 fully saturated rings. The SMILES string of the molecule is Cc1ccc(C2(C3CC3)CCCN2)cc1Cl. The molecule has 2 aliphatic rings. The number of aryl methyl sites for hydroxylation is 1. The van der Waals surface area contributed by atoms with Gasteiger partial charge in [0.05, 0.1) is 0 Å². The van der Waals surface area contributed by atoms with Crippen molar-refractivity contribution in [2.75, 3.05) is 6.54 Å². The zero-order valence-corrected chi connectivity index (χ0v) is 10.5. The molecule has 0 bridgehead atoms. The molecule has 0 spiro atoms. The Balaban J connectivity index is 2.02. The van der Waals surface area contributed by atoms with Crippen LogP contribution in [0.5, 0.6) is 0 Å². The number of halogens is 1. The minimum absolute atomic E-state index is 0.247. The van der Waals surface area contributed by atoms with Crippen molar-refractivity contribution in [3.05, 3.63) is 34.3 Å². The molecule has 1 nitrogen and oxygen atoms in total. The molecular formula is C14H18ClN. The van der Waals surface area contributed by atoms with Crippen LogP contribution in [0.2, 0.25) is 5.02 Å². The van der Waals surface area contributed by atoms with Crippen LogP contribution >= 0.6 is 11.6 Å². The summed E-state index contributed by atoms with van der Waals surface area (Å²) >= 11 is 6.25. The van der Waals surface area contributed by atoms with Crippen LogP contribution in [-0.4, -0.2) is 6.54 Å². The van der Waals surface area contributed by atoms with E-state index in [2.05, 4.69) is 30.4 Å². The van der Waals surface area contributed by atoms with Crippen LogP contribution in [-0.2, 0) is 5.54 Å². The quantitative estimate of drug-likeness (QED) is 0.826. The van der Waals surface area contributed by atoms with Gasteiger partial charge in [-0.2, -0.15) is 0 Å². The van der Waals surface area contributed by atoms with Gasteiger partial charge in [0.1, 0.15) is 0 Å². The zero-order chi connectivity index (χ0) is 11.2. The third-order valence-corrected chi connectivity index (χ3v) is 4.56. The van der Waals surface area contributed by atoms with Crippen LogP contribution in [0.4, 0.5) is 0 Å². The summed E-state index contributed by atoms with van der Waals surface area (Å²) < 4.78 is 0. The van der Waals surface area contributed by atoms with Crippen LogP contribution in [0.15, 0.2) is 18.2 Å². The van der Waals surface area contributed by atoms with E-state index in [9.17, 15) is 0 Å². The normalized spacial score (nSPS) is 29.6. The lowest BCUT2D eigenvalue weighted by Crippen LogP contribution is -2.39. The zero-order valence-electron chi connectivity index (χ0n) is 9.72. The molecule has 3 rings (SSSR count). The Bertz CT molecular complexity index is 403. The van der Waals surface area contributed by atoms with Crippen molar-refractivity contribution in [1.29, 1.82) is 0 Å². The summed E-state index contributed by atoms with van der Waals surface area (Å²) in [5, 5.41) is 4.64. The highest BCUT2D eigenvalue weighted by molar-refractivity contribution is 6.31. The number of nitrogens with one attached hydrogen (secondary N) is 1. The Morgan fingerprint density at radius 1 is 1.38 bits per heavy atom. The third kappa shape index (κ3) is 1.57. The maximum Gasteiger partial charge on any atom is 0.0464 e. The molecular weight excluding hydrogens is 218 g/mol. The molecule has 0 aromatic heterocycles. The molecule has 0 amide bonds. The first-order chi connectivity index (χ1) is 7.72. The molecule has 1 heterocycles. The highest BCUT2D eigenvalue weighted by atomic mass is 35.5. The number of hydrogen-bond acceptors (Lipinski definition) is 1. The Hall–Kier alpha value is -0.530. The second-order valence-electron chi connectivity index (χ2n) is 5.24. The van der Waals surface area contributed by atoms with Crippen LogP contribution < -0.4 is 5.32 Å². The molecule has 2 heteroatoms. The molecule has 16 heavy (non-hydrogen) atoms. The highest BCUT2D eigenvalue weighted by Crippen LogP contribution is 2.50. The first-order valence-electron chi connectivity index (χ1n) is 6.24. The fourth-order valence-electron chi connectivity index (χ4n) is 3.04. The highest BCUT2D eigenvalue weighted by Gasteiger charge is 2.47. The lowest BCUT2D eigenvalue weighted by molar-refractivity contribution is 0.336. The first-order valence-corrected chi connectivity index (χ1v) is 6.62. The Morgan fingerprint density at radius 2 is 2.19 bits per heavy atom. The topological polar surface area (TPSA) is 12.0 Å². The van der Waals surface area contributed by atoms with E-state index in [1.165, 1.54) is 36.8 Å². The molecule has 1 unspecified atom stereocenters. The van der Waals surface area contributed by atoms with E-state index in [4.69, 9.17) is 11.6 Å². The molecule has 1 atom stereocenters. The van der Waals surface area contributed by atoms with E-state index >= 15 is 0 Å². The van der Waals surface area contributed by atoms with E-state index in [1.807, 2.05) is 0 Å². The average Bonchev–Trinajstić information content (AvgIpc) is 3.02. The van der Waals surface area contributed by atoms with Crippen molar-refractivity contribution in [2.24, 2.45) is 5.92 Å². The largest absolute Gasteiger partial charge is 0.307 e. The standard InChI is InChI=1S/C14H18ClN/c1-10-3-4-12(9-13(10)15)14(11-5-6-11)7-2-8-16-14/h3-4,9,11,16H,2,5-8H2,1H3. The van der Waals surface area contributed by atoms with E-state index < -0.39 is 0 Å². The fraction of sp³-hybridized carbons (Fsp3) is 0.571. The fourth-order valence-corrected chi connectivity index (χ4v) is 3.22. The van der Waals surface area contributed by atoms with Gasteiger partial charge < -0.3 is 5.32 Å². The molecule has 1 N–H and O–H groups in total. The van der Waals surface area contributed by atoms with Gasteiger partial charge in [-0.1, -0.05) is 23.7 Å². The molecule has 0 radical (unpaired) electrons. The Kier molecular flexibility index (Phi) is 2.49. The second-order valence-corrected chi connectivity index (χ2v) is 5.65. The van der Waals surface area contributed by atoms with Gasteiger partial charge in [0.15, 0.2) is 0 Å². The maximum absolute atomic E-state index is 6.25. The first kappa shape index (κ1) is 10.6. The van der Waals surface area contributed by atoms with Gasteiger partial charge in [0.2, 0.25) is 0 Å². The van der Waals surface area contributed by atoms with E-state index in [0.717, 1.165) is 17.5 Å². The second kappa shape index (κ2) is 3.75. The summed E-state index contributed by atoms with van der Waals surface area (Å²) in [5.41, 5.74) is 2.83.